The molecule has 0 bridgehead atoms. The molecule has 1 atom stereocenters. The zero-order valence-electron chi connectivity index (χ0n) is 8.03. The van der Waals surface area contributed by atoms with Crippen LogP contribution in [0.4, 0.5) is 0 Å². The van der Waals surface area contributed by atoms with E-state index in [1.165, 1.54) is 0 Å². The maximum Gasteiger partial charge on any atom is 0.120 e. The fourth-order valence-electron chi connectivity index (χ4n) is 1.28. The summed E-state index contributed by atoms with van der Waals surface area (Å²) in [6.45, 7) is 2.83. The van der Waals surface area contributed by atoms with Crippen LogP contribution in [0.3, 0.4) is 0 Å². The number of hydrogen-bond acceptors (Lipinski definition) is 3. The van der Waals surface area contributed by atoms with E-state index in [2.05, 4.69) is 22.4 Å². The van der Waals surface area contributed by atoms with Crippen molar-refractivity contribution < 1.29 is 4.42 Å². The van der Waals surface area contributed by atoms with Crippen molar-refractivity contribution in [3.05, 3.63) is 42.1 Å². The van der Waals surface area contributed by atoms with Gasteiger partial charge >= 0.3 is 0 Å². The standard InChI is InChI=1S/C10H13N3O/c1-8(10-3-2-6-14-10)11-7-9-4-5-12-13-9/h2-6,8,11H,7H2,1H3,(H,12,13)/t8-/m0/s1. The van der Waals surface area contributed by atoms with Crippen LogP contribution in [0.25, 0.3) is 0 Å². The van der Waals surface area contributed by atoms with Crippen LogP contribution in [0.1, 0.15) is 24.4 Å². The Morgan fingerprint density at radius 2 is 2.50 bits per heavy atom. The number of H-pyrrole nitrogens is 1. The molecular weight excluding hydrogens is 178 g/mol. The summed E-state index contributed by atoms with van der Waals surface area (Å²) in [4.78, 5) is 0. The van der Waals surface area contributed by atoms with Gasteiger partial charge in [0.05, 0.1) is 12.3 Å². The van der Waals surface area contributed by atoms with Gasteiger partial charge in [-0.05, 0) is 25.1 Å². The van der Waals surface area contributed by atoms with Gasteiger partial charge in [0.2, 0.25) is 0 Å². The van der Waals surface area contributed by atoms with Gasteiger partial charge in [0.1, 0.15) is 5.76 Å². The van der Waals surface area contributed by atoms with Crippen LogP contribution in [0.5, 0.6) is 0 Å². The number of aromatic nitrogens is 2. The van der Waals surface area contributed by atoms with Crippen molar-refractivity contribution in [2.45, 2.75) is 19.5 Å². The molecule has 0 aliphatic carbocycles. The molecule has 0 spiro atoms. The van der Waals surface area contributed by atoms with E-state index >= 15 is 0 Å². The highest BCUT2D eigenvalue weighted by molar-refractivity contribution is 5.04. The molecule has 2 rings (SSSR count). The van der Waals surface area contributed by atoms with E-state index in [9.17, 15) is 0 Å². The van der Waals surface area contributed by atoms with Gasteiger partial charge in [-0.2, -0.15) is 5.10 Å². The second-order valence-electron chi connectivity index (χ2n) is 3.20. The Labute approximate surface area is 82.3 Å². The van der Waals surface area contributed by atoms with Gasteiger partial charge in [0.15, 0.2) is 0 Å². The molecule has 0 saturated heterocycles. The molecule has 74 valence electrons. The summed E-state index contributed by atoms with van der Waals surface area (Å²) < 4.78 is 5.28. The molecule has 0 aliphatic rings. The zero-order chi connectivity index (χ0) is 9.80. The smallest absolute Gasteiger partial charge is 0.120 e. The number of furan rings is 1. The molecule has 14 heavy (non-hydrogen) atoms. The monoisotopic (exact) mass is 191 g/mol. The molecule has 0 saturated carbocycles. The fraction of sp³-hybridized carbons (Fsp3) is 0.300. The quantitative estimate of drug-likeness (QED) is 0.775. The van der Waals surface area contributed by atoms with Gasteiger partial charge < -0.3 is 9.73 Å². The van der Waals surface area contributed by atoms with Gasteiger partial charge in [0.25, 0.3) is 0 Å². The normalized spacial score (nSPS) is 12.9. The van der Waals surface area contributed by atoms with Gasteiger partial charge in [-0.25, -0.2) is 0 Å². The van der Waals surface area contributed by atoms with Crippen molar-refractivity contribution in [3.63, 3.8) is 0 Å². The predicted molar refractivity (Wildman–Crippen MR) is 52.6 cm³/mol. The maximum absolute atomic E-state index is 5.28. The fourth-order valence-corrected chi connectivity index (χ4v) is 1.28. The van der Waals surface area contributed by atoms with Gasteiger partial charge in [-0.15, -0.1) is 0 Å². The largest absolute Gasteiger partial charge is 0.468 e. The lowest BCUT2D eigenvalue weighted by molar-refractivity contribution is 0.428. The summed E-state index contributed by atoms with van der Waals surface area (Å²) in [5.41, 5.74) is 1.07. The average Bonchev–Trinajstić information content (AvgIpc) is 2.87. The molecule has 4 heteroatoms. The minimum atomic E-state index is 0.216. The van der Waals surface area contributed by atoms with Gasteiger partial charge in [-0.3, -0.25) is 5.10 Å². The zero-order valence-corrected chi connectivity index (χ0v) is 8.03. The Bertz CT molecular complexity index is 353. The number of hydrogen-bond donors (Lipinski definition) is 2. The minimum Gasteiger partial charge on any atom is -0.468 e. The summed E-state index contributed by atoms with van der Waals surface area (Å²) in [7, 11) is 0. The predicted octanol–water partition coefficient (Wildman–Crippen LogP) is 1.85. The summed E-state index contributed by atoms with van der Waals surface area (Å²) in [5.74, 6) is 0.949. The van der Waals surface area contributed by atoms with Crippen LogP contribution in [-0.2, 0) is 6.54 Å². The molecule has 0 aromatic carbocycles. The van der Waals surface area contributed by atoms with Crippen molar-refractivity contribution >= 4 is 0 Å². The molecule has 2 aromatic rings. The molecule has 0 aliphatic heterocycles. The van der Waals surface area contributed by atoms with Crippen molar-refractivity contribution in [2.75, 3.05) is 0 Å². The lowest BCUT2D eigenvalue weighted by Crippen LogP contribution is -2.17. The lowest BCUT2D eigenvalue weighted by atomic mass is 10.2. The van der Waals surface area contributed by atoms with Crippen LogP contribution in [0, 0.1) is 0 Å². The Kier molecular flexibility index (Phi) is 2.65. The maximum atomic E-state index is 5.28. The molecule has 0 radical (unpaired) electrons. The third kappa shape index (κ3) is 2.03. The molecule has 0 fully saturated rings. The third-order valence-electron chi connectivity index (χ3n) is 2.13. The minimum absolute atomic E-state index is 0.216. The highest BCUT2D eigenvalue weighted by Crippen LogP contribution is 2.12. The number of nitrogens with one attached hydrogen (secondary N) is 2. The molecule has 2 aromatic heterocycles. The topological polar surface area (TPSA) is 53.9 Å². The van der Waals surface area contributed by atoms with E-state index in [4.69, 9.17) is 4.42 Å². The van der Waals surface area contributed by atoms with Crippen molar-refractivity contribution in [2.24, 2.45) is 0 Å². The second-order valence-corrected chi connectivity index (χ2v) is 3.20. The second kappa shape index (κ2) is 4.11. The van der Waals surface area contributed by atoms with E-state index in [0.29, 0.717) is 0 Å². The van der Waals surface area contributed by atoms with Crippen molar-refractivity contribution in [1.29, 1.82) is 0 Å². The SMILES string of the molecule is C[C@H](NCc1ccn[nH]1)c1ccco1. The first kappa shape index (κ1) is 9.02. The number of aromatic amines is 1. The van der Waals surface area contributed by atoms with Crippen LogP contribution in [-0.4, -0.2) is 10.2 Å². The molecule has 4 nitrogen and oxygen atoms in total. The first-order valence-electron chi connectivity index (χ1n) is 4.61. The van der Waals surface area contributed by atoms with E-state index in [1.807, 2.05) is 18.2 Å². The Morgan fingerprint density at radius 1 is 1.57 bits per heavy atom. The van der Waals surface area contributed by atoms with E-state index in [-0.39, 0.29) is 6.04 Å². The highest BCUT2D eigenvalue weighted by atomic mass is 16.3. The van der Waals surface area contributed by atoms with Crippen molar-refractivity contribution in [3.8, 4) is 0 Å². The highest BCUT2D eigenvalue weighted by Gasteiger charge is 2.06. The van der Waals surface area contributed by atoms with Crippen LogP contribution >= 0.6 is 0 Å². The van der Waals surface area contributed by atoms with Crippen LogP contribution < -0.4 is 5.32 Å². The number of rotatable bonds is 4. The van der Waals surface area contributed by atoms with Gasteiger partial charge in [0, 0.05) is 18.4 Å². The first-order chi connectivity index (χ1) is 6.86. The van der Waals surface area contributed by atoms with Crippen LogP contribution in [0.2, 0.25) is 0 Å². The van der Waals surface area contributed by atoms with Crippen LogP contribution in [0.15, 0.2) is 35.1 Å². The molecule has 2 heterocycles. The average molecular weight is 191 g/mol. The molecule has 2 N–H and O–H groups in total. The van der Waals surface area contributed by atoms with E-state index < -0.39 is 0 Å². The third-order valence-corrected chi connectivity index (χ3v) is 2.13. The molecular formula is C10H13N3O. The van der Waals surface area contributed by atoms with Crippen molar-refractivity contribution in [1.82, 2.24) is 15.5 Å². The van der Waals surface area contributed by atoms with Gasteiger partial charge in [-0.1, -0.05) is 0 Å². The van der Waals surface area contributed by atoms with E-state index in [0.717, 1.165) is 18.0 Å². The Balaban J connectivity index is 1.87. The first-order valence-corrected chi connectivity index (χ1v) is 4.61. The summed E-state index contributed by atoms with van der Waals surface area (Å²) in [5, 5.41) is 10.1. The number of nitrogens with zero attached hydrogens (tertiary/aromatic N) is 1. The van der Waals surface area contributed by atoms with E-state index in [1.54, 1.807) is 12.5 Å². The molecule has 0 unspecified atom stereocenters. The lowest BCUT2D eigenvalue weighted by Gasteiger charge is -2.09. The molecule has 0 amide bonds. The summed E-state index contributed by atoms with van der Waals surface area (Å²) in [6.07, 6.45) is 3.43. The summed E-state index contributed by atoms with van der Waals surface area (Å²) in [6, 6.07) is 6.02. The summed E-state index contributed by atoms with van der Waals surface area (Å²) >= 11 is 0. The Morgan fingerprint density at radius 3 is 3.14 bits per heavy atom. The Hall–Kier alpha value is -1.55.